The number of hydrogen-bond acceptors (Lipinski definition) is 4. The molecule has 0 saturated carbocycles. The summed E-state index contributed by atoms with van der Waals surface area (Å²) in [5.41, 5.74) is 3.33. The molecule has 124 valence electrons. The molecule has 1 aliphatic heterocycles. The lowest BCUT2D eigenvalue weighted by Crippen LogP contribution is -2.25. The van der Waals surface area contributed by atoms with Crippen LogP contribution in [0, 0.1) is 12.7 Å². The number of hydrogen-bond donors (Lipinski definition) is 1. The van der Waals surface area contributed by atoms with Crippen LogP contribution in [-0.4, -0.2) is 20.7 Å². The third-order valence-electron chi connectivity index (χ3n) is 4.29. The fraction of sp³-hybridized carbons (Fsp3) is 0.353. The fourth-order valence-electron chi connectivity index (χ4n) is 3.19. The molecule has 1 amide bonds. The molecule has 4 rings (SSSR count). The normalized spacial score (nSPS) is 13.9. The van der Waals surface area contributed by atoms with E-state index in [-0.39, 0.29) is 18.3 Å². The van der Waals surface area contributed by atoms with Crippen LogP contribution in [0.4, 0.5) is 4.39 Å². The van der Waals surface area contributed by atoms with E-state index in [4.69, 9.17) is 4.42 Å². The molecule has 1 aromatic carbocycles. The minimum atomic E-state index is -0.367. The van der Waals surface area contributed by atoms with E-state index in [2.05, 4.69) is 15.4 Å². The van der Waals surface area contributed by atoms with Gasteiger partial charge in [-0.3, -0.25) is 9.48 Å². The number of rotatable bonds is 3. The van der Waals surface area contributed by atoms with Crippen LogP contribution in [0.25, 0.3) is 11.1 Å². The monoisotopic (exact) mass is 328 g/mol. The molecule has 0 fully saturated rings. The summed E-state index contributed by atoms with van der Waals surface area (Å²) in [4.78, 5) is 16.7. The number of fused-ring (bicyclic) bond motifs is 2. The van der Waals surface area contributed by atoms with E-state index >= 15 is 0 Å². The van der Waals surface area contributed by atoms with E-state index in [0.29, 0.717) is 22.6 Å². The topological polar surface area (TPSA) is 73.0 Å². The Kier molecular flexibility index (Phi) is 3.55. The number of oxazole rings is 1. The van der Waals surface area contributed by atoms with Crippen molar-refractivity contribution >= 4 is 17.0 Å². The lowest BCUT2D eigenvalue weighted by Gasteiger charge is -2.14. The number of carbonyl (C=O) groups excluding carboxylic acids is 1. The van der Waals surface area contributed by atoms with Gasteiger partial charge in [-0.15, -0.1) is 0 Å². The molecule has 1 N–H and O–H groups in total. The summed E-state index contributed by atoms with van der Waals surface area (Å²) in [6.45, 7) is 2.86. The van der Waals surface area contributed by atoms with Crippen LogP contribution in [0.3, 0.4) is 0 Å². The van der Waals surface area contributed by atoms with Crippen LogP contribution >= 0.6 is 0 Å². The predicted molar refractivity (Wildman–Crippen MR) is 85.0 cm³/mol. The van der Waals surface area contributed by atoms with E-state index in [1.807, 2.05) is 11.6 Å². The van der Waals surface area contributed by atoms with E-state index < -0.39 is 0 Å². The van der Waals surface area contributed by atoms with Crippen molar-refractivity contribution in [2.75, 3.05) is 0 Å². The zero-order valence-corrected chi connectivity index (χ0v) is 13.3. The first-order valence-electron chi connectivity index (χ1n) is 8.01. The van der Waals surface area contributed by atoms with Gasteiger partial charge < -0.3 is 9.73 Å². The zero-order chi connectivity index (χ0) is 16.7. The Bertz CT molecular complexity index is 928. The molecular formula is C17H17FN4O2. The summed E-state index contributed by atoms with van der Waals surface area (Å²) in [6.07, 6.45) is 3.03. The number of nitrogens with zero attached hydrogens (tertiary/aromatic N) is 3. The molecule has 6 nitrogen and oxygen atoms in total. The van der Waals surface area contributed by atoms with Crippen LogP contribution in [0.15, 0.2) is 22.6 Å². The minimum Gasteiger partial charge on any atom is -0.439 e. The van der Waals surface area contributed by atoms with E-state index in [1.165, 1.54) is 18.2 Å². The molecule has 2 aromatic heterocycles. The first kappa shape index (κ1) is 14.9. The second-order valence-corrected chi connectivity index (χ2v) is 5.99. The van der Waals surface area contributed by atoms with E-state index in [1.54, 1.807) is 0 Å². The SMILES string of the molecule is Cc1nn2c(c1C(=O)NCc1nc3cc(F)ccc3o1)CCCC2. The summed E-state index contributed by atoms with van der Waals surface area (Å²) in [5, 5.41) is 7.27. The largest absolute Gasteiger partial charge is 0.439 e. The number of aromatic nitrogens is 3. The van der Waals surface area contributed by atoms with E-state index in [0.717, 1.165) is 37.2 Å². The Morgan fingerprint density at radius 2 is 2.29 bits per heavy atom. The number of nitrogens with one attached hydrogen (secondary N) is 1. The van der Waals surface area contributed by atoms with Gasteiger partial charge in [0.15, 0.2) is 5.58 Å². The third-order valence-corrected chi connectivity index (χ3v) is 4.29. The molecule has 0 bridgehead atoms. The maximum absolute atomic E-state index is 13.2. The van der Waals surface area contributed by atoms with Gasteiger partial charge in [0, 0.05) is 12.6 Å². The van der Waals surface area contributed by atoms with Crippen molar-refractivity contribution in [1.82, 2.24) is 20.1 Å². The smallest absolute Gasteiger partial charge is 0.255 e. The van der Waals surface area contributed by atoms with Crippen LogP contribution in [0.2, 0.25) is 0 Å². The summed E-state index contributed by atoms with van der Waals surface area (Å²) < 4.78 is 20.6. The second-order valence-electron chi connectivity index (χ2n) is 5.99. The highest BCUT2D eigenvalue weighted by atomic mass is 19.1. The second kappa shape index (κ2) is 5.74. The molecule has 0 radical (unpaired) electrons. The van der Waals surface area contributed by atoms with E-state index in [9.17, 15) is 9.18 Å². The molecule has 24 heavy (non-hydrogen) atoms. The maximum atomic E-state index is 13.2. The zero-order valence-electron chi connectivity index (χ0n) is 13.3. The number of aryl methyl sites for hydroxylation is 2. The summed E-state index contributed by atoms with van der Waals surface area (Å²) in [5.74, 6) is -0.194. The van der Waals surface area contributed by atoms with Crippen LogP contribution in [0.1, 0.15) is 40.5 Å². The van der Waals surface area contributed by atoms with Crippen molar-refractivity contribution in [3.05, 3.63) is 46.9 Å². The molecule has 0 saturated heterocycles. The Hall–Kier alpha value is -2.70. The summed E-state index contributed by atoms with van der Waals surface area (Å²) in [7, 11) is 0. The molecule has 0 atom stereocenters. The highest BCUT2D eigenvalue weighted by Gasteiger charge is 2.23. The fourth-order valence-corrected chi connectivity index (χ4v) is 3.19. The van der Waals surface area contributed by atoms with Crippen LogP contribution in [-0.2, 0) is 19.5 Å². The Morgan fingerprint density at radius 3 is 3.17 bits per heavy atom. The van der Waals surface area contributed by atoms with Gasteiger partial charge in [-0.2, -0.15) is 5.10 Å². The standard InChI is InChI=1S/C17H17FN4O2/c1-10-16(13-4-2-3-7-22(13)21-10)17(23)19-9-15-20-12-8-11(18)5-6-14(12)24-15/h5-6,8H,2-4,7,9H2,1H3,(H,19,23). The highest BCUT2D eigenvalue weighted by Crippen LogP contribution is 2.21. The Labute approximate surface area is 137 Å². The van der Waals surface area contributed by atoms with Crippen molar-refractivity contribution in [3.8, 4) is 0 Å². The number of halogens is 1. The number of amides is 1. The molecule has 0 spiro atoms. The van der Waals surface area contributed by atoms with Gasteiger partial charge in [0.1, 0.15) is 11.3 Å². The predicted octanol–water partition coefficient (Wildman–Crippen LogP) is 2.74. The third kappa shape index (κ3) is 2.55. The Balaban J connectivity index is 1.53. The maximum Gasteiger partial charge on any atom is 0.255 e. The molecule has 0 aliphatic carbocycles. The molecule has 7 heteroatoms. The van der Waals surface area contributed by atoms with Crippen LogP contribution in [0.5, 0.6) is 0 Å². The van der Waals surface area contributed by atoms with Crippen molar-refractivity contribution in [2.45, 2.75) is 39.3 Å². The van der Waals surface area contributed by atoms with Gasteiger partial charge in [-0.05, 0) is 38.3 Å². The first-order chi connectivity index (χ1) is 11.6. The molecule has 3 aromatic rings. The quantitative estimate of drug-likeness (QED) is 0.802. The lowest BCUT2D eigenvalue weighted by molar-refractivity contribution is 0.0945. The number of carbonyl (C=O) groups is 1. The van der Waals surface area contributed by atoms with Crippen molar-refractivity contribution in [2.24, 2.45) is 0 Å². The summed E-state index contributed by atoms with van der Waals surface area (Å²) in [6, 6.07) is 4.15. The lowest BCUT2D eigenvalue weighted by atomic mass is 10.0. The average molecular weight is 328 g/mol. The van der Waals surface area contributed by atoms with Crippen LogP contribution < -0.4 is 5.32 Å². The number of benzene rings is 1. The van der Waals surface area contributed by atoms with Gasteiger partial charge in [0.2, 0.25) is 5.89 Å². The minimum absolute atomic E-state index is 0.152. The van der Waals surface area contributed by atoms with Crippen molar-refractivity contribution in [3.63, 3.8) is 0 Å². The van der Waals surface area contributed by atoms with Gasteiger partial charge >= 0.3 is 0 Å². The van der Waals surface area contributed by atoms with Gasteiger partial charge in [-0.1, -0.05) is 0 Å². The van der Waals surface area contributed by atoms with Gasteiger partial charge in [0.05, 0.1) is 23.5 Å². The van der Waals surface area contributed by atoms with Crippen molar-refractivity contribution < 1.29 is 13.6 Å². The summed E-state index contributed by atoms with van der Waals surface area (Å²) >= 11 is 0. The first-order valence-corrected chi connectivity index (χ1v) is 8.01. The van der Waals surface area contributed by atoms with Crippen molar-refractivity contribution in [1.29, 1.82) is 0 Å². The highest BCUT2D eigenvalue weighted by molar-refractivity contribution is 5.96. The molecule has 0 unspecified atom stereocenters. The molecule has 3 heterocycles. The van der Waals surface area contributed by atoms with Gasteiger partial charge in [-0.25, -0.2) is 9.37 Å². The average Bonchev–Trinajstić information content (AvgIpc) is 3.11. The molecule has 1 aliphatic rings. The van der Waals surface area contributed by atoms with Gasteiger partial charge in [0.25, 0.3) is 5.91 Å². The molecular weight excluding hydrogens is 311 g/mol. The Morgan fingerprint density at radius 1 is 1.42 bits per heavy atom.